The van der Waals surface area contributed by atoms with Crippen LogP contribution in [-0.2, 0) is 27.2 Å². The van der Waals surface area contributed by atoms with E-state index in [-0.39, 0.29) is 25.6 Å². The van der Waals surface area contributed by atoms with Crippen molar-refractivity contribution in [1.29, 1.82) is 0 Å². The number of hydrogen-bond acceptors (Lipinski definition) is 4. The molecule has 2 aromatic rings. The molecule has 0 radical (unpaired) electrons. The van der Waals surface area contributed by atoms with Crippen LogP contribution in [0.15, 0.2) is 60.7 Å². The van der Waals surface area contributed by atoms with Gasteiger partial charge in [0.05, 0.1) is 0 Å². The number of benzene rings is 2. The van der Waals surface area contributed by atoms with E-state index in [9.17, 15) is 9.59 Å². The van der Waals surface area contributed by atoms with Gasteiger partial charge in [0, 0.05) is 0 Å². The fourth-order valence-corrected chi connectivity index (χ4v) is 4.01. The molecular weight excluding hydrogens is 395 g/mol. The first-order valence-electron chi connectivity index (χ1n) is 8.28. The predicted molar refractivity (Wildman–Crippen MR) is 103 cm³/mol. The van der Waals surface area contributed by atoms with E-state index in [0.717, 1.165) is 21.3 Å². The van der Waals surface area contributed by atoms with E-state index in [1.807, 2.05) is 48.5 Å². The van der Waals surface area contributed by atoms with Gasteiger partial charge in [-0.25, -0.2) is 0 Å². The number of aryl methyl sites for hydroxylation is 1. The van der Waals surface area contributed by atoms with Gasteiger partial charge in [0.25, 0.3) is 0 Å². The second-order valence-corrected chi connectivity index (χ2v) is 7.92. The molecule has 0 spiro atoms. The number of esters is 1. The van der Waals surface area contributed by atoms with Crippen LogP contribution in [0.2, 0.25) is 0 Å². The van der Waals surface area contributed by atoms with E-state index in [1.165, 1.54) is 13.2 Å². The average Bonchev–Trinajstić information content (AvgIpc) is 2.67. The summed E-state index contributed by atoms with van der Waals surface area (Å²) in [4.78, 5) is 23.5. The average molecular weight is 417 g/mol. The Labute approximate surface area is 160 Å². The van der Waals surface area contributed by atoms with Crippen molar-refractivity contribution in [3.63, 3.8) is 0 Å². The summed E-state index contributed by atoms with van der Waals surface area (Å²) in [6.45, 7) is 0. The van der Waals surface area contributed by atoms with Crippen LogP contribution >= 0.6 is 0 Å². The first kappa shape index (κ1) is 20.0. The third-order valence-electron chi connectivity index (χ3n) is 3.78. The molecule has 2 aromatic carbocycles. The zero-order valence-electron chi connectivity index (χ0n) is 14.9. The number of hydrogen-bond donors (Lipinski definition) is 0. The molecule has 0 amide bonds. The Hall–Kier alpha value is -2.36. The van der Waals surface area contributed by atoms with E-state index in [1.54, 1.807) is 13.2 Å². The summed E-state index contributed by atoms with van der Waals surface area (Å²) < 4.78 is 11.3. The van der Waals surface area contributed by atoms with Crippen molar-refractivity contribution in [2.45, 2.75) is 19.3 Å². The number of ether oxygens (including phenoxy) is 2. The van der Waals surface area contributed by atoms with Crippen LogP contribution in [0.3, 0.4) is 0 Å². The van der Waals surface area contributed by atoms with Gasteiger partial charge >= 0.3 is 160 Å². The summed E-state index contributed by atoms with van der Waals surface area (Å²) in [6, 6.07) is 15.7. The summed E-state index contributed by atoms with van der Waals surface area (Å²) in [5.41, 5.74) is 2.14. The molecule has 26 heavy (non-hydrogen) atoms. The van der Waals surface area contributed by atoms with Crippen LogP contribution in [0, 0.1) is 0 Å². The first-order valence-corrected chi connectivity index (χ1v) is 9.99. The maximum atomic E-state index is 12.3. The molecule has 0 saturated carbocycles. The van der Waals surface area contributed by atoms with Crippen molar-refractivity contribution < 1.29 is 19.1 Å². The third-order valence-corrected chi connectivity index (χ3v) is 5.75. The molecule has 0 unspecified atom stereocenters. The first-order chi connectivity index (χ1) is 12.6. The summed E-state index contributed by atoms with van der Waals surface area (Å²) >= 11 is -0.162. The molecule has 0 fully saturated rings. The van der Waals surface area contributed by atoms with Crippen molar-refractivity contribution in [2.24, 2.45) is 0 Å². The Balaban J connectivity index is 2.02. The third kappa shape index (κ3) is 6.51. The molecule has 0 aromatic heterocycles. The van der Waals surface area contributed by atoms with E-state index >= 15 is 0 Å². The van der Waals surface area contributed by atoms with E-state index in [4.69, 9.17) is 4.74 Å². The monoisotopic (exact) mass is 418 g/mol. The standard InChI is InChI=1S/C21H22O4Se/c1-24-18-13-11-16(7-6-10-20(22)25-2)17(15-18)12-14-21(23)26-19-8-4-3-5-9-19/h3-6,8-11,13,15H,7,12,14H2,1-2H3/b10-6+. The van der Waals surface area contributed by atoms with Gasteiger partial charge in [0.1, 0.15) is 0 Å². The summed E-state index contributed by atoms with van der Waals surface area (Å²) in [6.07, 6.45) is 4.94. The van der Waals surface area contributed by atoms with Gasteiger partial charge in [-0.1, -0.05) is 0 Å². The Morgan fingerprint density at radius 2 is 1.81 bits per heavy atom. The molecule has 5 heteroatoms. The number of allylic oxidation sites excluding steroid dienone is 1. The van der Waals surface area contributed by atoms with Crippen molar-refractivity contribution in [1.82, 2.24) is 0 Å². The SMILES string of the molecule is COC(=O)/C=C/Cc1ccc(OC)cc1CCC(=O)[Se]c1ccccc1. The quantitative estimate of drug-likeness (QED) is 0.357. The summed E-state index contributed by atoms with van der Waals surface area (Å²) in [5.74, 6) is 0.391. The number of methoxy groups -OCH3 is 2. The number of carbonyl (C=O) groups is 2. The number of rotatable bonds is 9. The predicted octanol–water partition coefficient (Wildman–Crippen LogP) is 2.46. The summed E-state index contributed by atoms with van der Waals surface area (Å²) in [5, 5.41) is 0. The second-order valence-electron chi connectivity index (χ2n) is 5.55. The molecule has 0 saturated heterocycles. The van der Waals surface area contributed by atoms with Crippen LogP contribution < -0.4 is 9.20 Å². The molecule has 0 aliphatic rings. The van der Waals surface area contributed by atoms with Gasteiger partial charge in [-0.2, -0.15) is 0 Å². The minimum atomic E-state index is -0.374. The number of carbonyl (C=O) groups excluding carboxylic acids is 2. The van der Waals surface area contributed by atoms with Crippen LogP contribution in [0.25, 0.3) is 0 Å². The zero-order valence-corrected chi connectivity index (χ0v) is 16.6. The van der Waals surface area contributed by atoms with Crippen LogP contribution in [0.5, 0.6) is 5.75 Å². The van der Waals surface area contributed by atoms with Crippen molar-refractivity contribution in [3.8, 4) is 5.75 Å². The van der Waals surface area contributed by atoms with E-state index < -0.39 is 0 Å². The molecule has 0 heterocycles. The second kappa shape index (κ2) is 10.6. The van der Waals surface area contributed by atoms with Crippen molar-refractivity contribution in [2.75, 3.05) is 14.2 Å². The molecule has 0 N–H and O–H groups in total. The van der Waals surface area contributed by atoms with Crippen molar-refractivity contribution >= 4 is 30.1 Å². The van der Waals surface area contributed by atoms with Crippen LogP contribution in [0.1, 0.15) is 17.5 Å². The molecule has 0 aliphatic heterocycles. The molecule has 136 valence electrons. The van der Waals surface area contributed by atoms with Crippen LogP contribution in [0.4, 0.5) is 0 Å². The molecule has 0 aliphatic carbocycles. The summed E-state index contributed by atoms with van der Waals surface area (Å²) in [7, 11) is 2.98. The molecule has 4 nitrogen and oxygen atoms in total. The fraction of sp³-hybridized carbons (Fsp3) is 0.238. The topological polar surface area (TPSA) is 52.6 Å². The minimum absolute atomic E-state index is 0.162. The Bertz CT molecular complexity index is 769. The Morgan fingerprint density at radius 3 is 2.50 bits per heavy atom. The fourth-order valence-electron chi connectivity index (χ4n) is 2.42. The zero-order chi connectivity index (χ0) is 18.8. The maximum absolute atomic E-state index is 12.3. The normalized spacial score (nSPS) is 10.7. The Kier molecular flexibility index (Phi) is 8.13. The molecule has 0 bridgehead atoms. The van der Waals surface area contributed by atoms with E-state index in [2.05, 4.69) is 4.74 Å². The van der Waals surface area contributed by atoms with Crippen molar-refractivity contribution in [3.05, 3.63) is 71.8 Å². The van der Waals surface area contributed by atoms with Gasteiger partial charge in [0.15, 0.2) is 0 Å². The molecule has 2 rings (SSSR count). The van der Waals surface area contributed by atoms with E-state index in [0.29, 0.717) is 19.3 Å². The van der Waals surface area contributed by atoms with Gasteiger partial charge in [-0.15, -0.1) is 0 Å². The van der Waals surface area contributed by atoms with Gasteiger partial charge < -0.3 is 0 Å². The molecular formula is C21H22O4Se. The Morgan fingerprint density at radius 1 is 1.04 bits per heavy atom. The van der Waals surface area contributed by atoms with Gasteiger partial charge in [-0.3, -0.25) is 0 Å². The molecule has 0 atom stereocenters. The van der Waals surface area contributed by atoms with Gasteiger partial charge in [0.2, 0.25) is 0 Å². The van der Waals surface area contributed by atoms with Crippen LogP contribution in [-0.4, -0.2) is 39.8 Å². The van der Waals surface area contributed by atoms with Gasteiger partial charge in [-0.05, 0) is 0 Å².